The Labute approximate surface area is 156 Å². The highest BCUT2D eigenvalue weighted by Gasteiger charge is 2.18. The third kappa shape index (κ3) is 4.81. The lowest BCUT2D eigenvalue weighted by Crippen LogP contribution is -2.22. The summed E-state index contributed by atoms with van der Waals surface area (Å²) >= 11 is 0. The van der Waals surface area contributed by atoms with Crippen molar-refractivity contribution in [2.24, 2.45) is 0 Å². The van der Waals surface area contributed by atoms with Crippen LogP contribution in [0.4, 0.5) is 17.1 Å². The molecule has 2 rings (SSSR count). The zero-order valence-electron chi connectivity index (χ0n) is 15.2. The molecule has 0 aromatic heterocycles. The van der Waals surface area contributed by atoms with Crippen molar-refractivity contribution in [1.82, 2.24) is 0 Å². The van der Waals surface area contributed by atoms with E-state index in [1.165, 1.54) is 12.1 Å². The maximum Gasteiger partial charge on any atom is 0.341 e. The number of nitro benzene ring substituents is 1. The molecule has 0 aliphatic carbocycles. The summed E-state index contributed by atoms with van der Waals surface area (Å²) in [7, 11) is 0. The van der Waals surface area contributed by atoms with Crippen LogP contribution < -0.4 is 11.1 Å². The number of carbonyl (C=O) groups is 2. The summed E-state index contributed by atoms with van der Waals surface area (Å²) < 4.78 is 4.97. The first-order valence-electron chi connectivity index (χ1n) is 8.49. The van der Waals surface area contributed by atoms with Gasteiger partial charge in [-0.15, -0.1) is 0 Å². The number of non-ortho nitro benzene ring substituents is 1. The Kier molecular flexibility index (Phi) is 6.48. The van der Waals surface area contributed by atoms with Gasteiger partial charge in [-0.2, -0.15) is 0 Å². The minimum atomic E-state index is -0.897. The molecule has 0 aliphatic heterocycles. The molecule has 0 atom stereocenters. The topological polar surface area (TPSA) is 125 Å². The van der Waals surface area contributed by atoms with Gasteiger partial charge < -0.3 is 15.8 Å². The number of aryl methyl sites for hydroxylation is 2. The number of nitrogens with two attached hydrogens (primary N) is 1. The van der Waals surface area contributed by atoms with Gasteiger partial charge in [-0.1, -0.05) is 32.0 Å². The Hall–Kier alpha value is -3.42. The highest BCUT2D eigenvalue weighted by molar-refractivity contribution is 5.99. The summed E-state index contributed by atoms with van der Waals surface area (Å²) in [6, 6.07) is 9.23. The molecule has 2 aromatic carbocycles. The van der Waals surface area contributed by atoms with Crippen molar-refractivity contribution in [3.63, 3.8) is 0 Å². The number of ether oxygens (including phenoxy) is 1. The van der Waals surface area contributed by atoms with E-state index >= 15 is 0 Å². The first-order valence-corrected chi connectivity index (χ1v) is 8.49. The number of para-hydroxylation sites is 1. The van der Waals surface area contributed by atoms with Crippen LogP contribution in [0, 0.1) is 10.1 Å². The van der Waals surface area contributed by atoms with Crippen LogP contribution in [-0.2, 0) is 22.4 Å². The number of nitrogens with one attached hydrogen (secondary N) is 1. The van der Waals surface area contributed by atoms with Crippen LogP contribution >= 0.6 is 0 Å². The van der Waals surface area contributed by atoms with Crippen LogP contribution in [0.2, 0.25) is 0 Å². The highest BCUT2D eigenvalue weighted by Crippen LogP contribution is 2.23. The Bertz CT molecular complexity index is 857. The second-order valence-corrected chi connectivity index (χ2v) is 5.81. The Morgan fingerprint density at radius 1 is 1.15 bits per heavy atom. The molecule has 3 N–H and O–H groups in total. The Balaban J connectivity index is 2.07. The van der Waals surface area contributed by atoms with Gasteiger partial charge in [-0.3, -0.25) is 14.9 Å². The molecule has 8 heteroatoms. The molecule has 27 heavy (non-hydrogen) atoms. The summed E-state index contributed by atoms with van der Waals surface area (Å²) in [6.45, 7) is 3.44. The molecule has 0 spiro atoms. The van der Waals surface area contributed by atoms with Crippen molar-refractivity contribution in [3.8, 4) is 0 Å². The monoisotopic (exact) mass is 371 g/mol. The zero-order valence-corrected chi connectivity index (χ0v) is 15.2. The SMILES string of the molecule is CCc1cccc(CC)c1NC(=O)COC(=O)c1cc([N+](=O)[O-])ccc1N. The summed E-state index contributed by atoms with van der Waals surface area (Å²) in [4.78, 5) is 34.5. The average molecular weight is 371 g/mol. The van der Waals surface area contributed by atoms with E-state index in [4.69, 9.17) is 10.5 Å². The van der Waals surface area contributed by atoms with E-state index in [2.05, 4.69) is 5.32 Å². The average Bonchev–Trinajstić information content (AvgIpc) is 2.66. The van der Waals surface area contributed by atoms with Crippen LogP contribution in [0.3, 0.4) is 0 Å². The fourth-order valence-electron chi connectivity index (χ4n) is 2.62. The van der Waals surface area contributed by atoms with Crippen molar-refractivity contribution in [3.05, 3.63) is 63.2 Å². The van der Waals surface area contributed by atoms with Crippen LogP contribution in [0.5, 0.6) is 0 Å². The van der Waals surface area contributed by atoms with Crippen LogP contribution in [-0.4, -0.2) is 23.4 Å². The van der Waals surface area contributed by atoms with Crippen molar-refractivity contribution in [2.45, 2.75) is 26.7 Å². The van der Waals surface area contributed by atoms with Gasteiger partial charge >= 0.3 is 5.97 Å². The number of nitrogens with zero attached hydrogens (tertiary/aromatic N) is 1. The first kappa shape index (κ1) is 19.9. The second kappa shape index (κ2) is 8.79. The second-order valence-electron chi connectivity index (χ2n) is 5.81. The van der Waals surface area contributed by atoms with Crippen LogP contribution in [0.25, 0.3) is 0 Å². The fraction of sp³-hybridized carbons (Fsp3) is 0.263. The minimum absolute atomic E-state index is 0.0376. The number of anilines is 2. The summed E-state index contributed by atoms with van der Waals surface area (Å²) in [5.41, 5.74) is 7.96. The van der Waals surface area contributed by atoms with Gasteiger partial charge in [0.05, 0.1) is 10.5 Å². The third-order valence-electron chi connectivity index (χ3n) is 4.07. The maximum absolute atomic E-state index is 12.2. The van der Waals surface area contributed by atoms with Gasteiger partial charge in [0.2, 0.25) is 0 Å². The molecule has 2 aromatic rings. The molecule has 1 amide bonds. The fourth-order valence-corrected chi connectivity index (χ4v) is 2.62. The lowest BCUT2D eigenvalue weighted by Gasteiger charge is -2.14. The zero-order chi connectivity index (χ0) is 20.0. The van der Waals surface area contributed by atoms with E-state index in [0.29, 0.717) is 0 Å². The van der Waals surface area contributed by atoms with E-state index in [9.17, 15) is 19.7 Å². The number of benzene rings is 2. The molecular weight excluding hydrogens is 350 g/mol. The quantitative estimate of drug-likeness (QED) is 0.333. The molecule has 8 nitrogen and oxygen atoms in total. The number of hydrogen-bond donors (Lipinski definition) is 2. The maximum atomic E-state index is 12.2. The molecule has 0 bridgehead atoms. The van der Waals surface area contributed by atoms with E-state index in [-0.39, 0.29) is 16.9 Å². The van der Waals surface area contributed by atoms with Gasteiger partial charge in [0.15, 0.2) is 6.61 Å². The normalized spacial score (nSPS) is 10.3. The standard InChI is InChI=1S/C19H21N3O5/c1-3-12-6-5-7-13(4-2)18(12)21-17(23)11-27-19(24)15-10-14(22(25)26)8-9-16(15)20/h5-10H,3-4,11,20H2,1-2H3,(H,21,23). The van der Waals surface area contributed by atoms with Crippen molar-refractivity contribution < 1.29 is 19.2 Å². The Morgan fingerprint density at radius 2 is 1.78 bits per heavy atom. The molecule has 0 saturated heterocycles. The van der Waals surface area contributed by atoms with Crippen molar-refractivity contribution in [1.29, 1.82) is 0 Å². The molecule has 0 unspecified atom stereocenters. The Morgan fingerprint density at radius 3 is 2.33 bits per heavy atom. The lowest BCUT2D eigenvalue weighted by atomic mass is 10.0. The van der Waals surface area contributed by atoms with Crippen molar-refractivity contribution in [2.75, 3.05) is 17.7 Å². The number of rotatable bonds is 7. The van der Waals surface area contributed by atoms with Gasteiger partial charge in [0.1, 0.15) is 0 Å². The predicted molar refractivity (Wildman–Crippen MR) is 102 cm³/mol. The van der Waals surface area contributed by atoms with Gasteiger partial charge in [-0.25, -0.2) is 4.79 Å². The van der Waals surface area contributed by atoms with Crippen molar-refractivity contribution >= 4 is 28.9 Å². The van der Waals surface area contributed by atoms with Crippen LogP contribution in [0.1, 0.15) is 35.3 Å². The van der Waals surface area contributed by atoms with E-state index in [1.54, 1.807) is 0 Å². The predicted octanol–water partition coefficient (Wildman–Crippen LogP) is 3.10. The van der Waals surface area contributed by atoms with Gasteiger partial charge in [0.25, 0.3) is 11.6 Å². The number of carbonyl (C=O) groups excluding carboxylic acids is 2. The van der Waals surface area contributed by atoms with Gasteiger partial charge in [-0.05, 0) is 30.0 Å². The number of esters is 1. The summed E-state index contributed by atoms with van der Waals surface area (Å²) in [5.74, 6) is -1.39. The smallest absolute Gasteiger partial charge is 0.341 e. The van der Waals surface area contributed by atoms with Crippen LogP contribution in [0.15, 0.2) is 36.4 Å². The van der Waals surface area contributed by atoms with E-state index in [0.717, 1.165) is 35.7 Å². The van der Waals surface area contributed by atoms with Gasteiger partial charge in [0, 0.05) is 23.5 Å². The molecule has 0 saturated carbocycles. The number of amides is 1. The summed E-state index contributed by atoms with van der Waals surface area (Å²) in [6.07, 6.45) is 1.49. The molecular formula is C19H21N3O5. The highest BCUT2D eigenvalue weighted by atomic mass is 16.6. The molecule has 0 heterocycles. The van der Waals surface area contributed by atoms with E-state index < -0.39 is 23.4 Å². The third-order valence-corrected chi connectivity index (χ3v) is 4.07. The van der Waals surface area contributed by atoms with E-state index in [1.807, 2.05) is 32.0 Å². The lowest BCUT2D eigenvalue weighted by molar-refractivity contribution is -0.384. The minimum Gasteiger partial charge on any atom is -0.452 e. The summed E-state index contributed by atoms with van der Waals surface area (Å²) in [5, 5.41) is 13.6. The number of nitro groups is 1. The molecule has 142 valence electrons. The molecule has 0 aliphatic rings. The first-order chi connectivity index (χ1) is 12.9. The number of nitrogen functional groups attached to an aromatic ring is 1. The number of hydrogen-bond acceptors (Lipinski definition) is 6. The molecule has 0 fully saturated rings. The largest absolute Gasteiger partial charge is 0.452 e. The molecule has 0 radical (unpaired) electrons.